The van der Waals surface area contributed by atoms with E-state index in [4.69, 9.17) is 33.9 Å². The second kappa shape index (κ2) is 14.1. The molecule has 55 heavy (non-hydrogen) atoms. The SMILES string of the molecule is Cn1c(C(=O)Cc2cccc(-c3cccc(NC(=O)c4nc5c(n4C)CCN(CCC46CCC(C(=O)O)(CC4)C6)C5)c3Cl)c2Cl)nc2c1CCN(C(N)=O)C2. The number of aromatic nitrogens is 4. The van der Waals surface area contributed by atoms with Gasteiger partial charge >= 0.3 is 12.0 Å². The van der Waals surface area contributed by atoms with E-state index < -0.39 is 17.4 Å². The summed E-state index contributed by atoms with van der Waals surface area (Å²) in [5, 5.41) is 13.4. The number of hydrogen-bond donors (Lipinski definition) is 3. The van der Waals surface area contributed by atoms with Crippen LogP contribution in [0, 0.1) is 10.8 Å². The van der Waals surface area contributed by atoms with Gasteiger partial charge in [0.2, 0.25) is 5.78 Å². The third-order valence-electron chi connectivity index (χ3n) is 12.7. The van der Waals surface area contributed by atoms with E-state index in [1.165, 1.54) is 4.90 Å². The summed E-state index contributed by atoms with van der Waals surface area (Å²) in [4.78, 5) is 64.2. The van der Waals surface area contributed by atoms with Crippen molar-refractivity contribution in [2.75, 3.05) is 25.0 Å². The quantitative estimate of drug-likeness (QED) is 0.164. The molecule has 2 aliphatic carbocycles. The molecule has 15 heteroatoms. The van der Waals surface area contributed by atoms with Crippen LogP contribution in [0.25, 0.3) is 11.1 Å². The molecule has 0 radical (unpaired) electrons. The number of ketones is 1. The van der Waals surface area contributed by atoms with E-state index in [1.54, 1.807) is 29.8 Å². The summed E-state index contributed by atoms with van der Waals surface area (Å²) in [5.74, 6) is -0.656. The molecule has 13 nitrogen and oxygen atoms in total. The van der Waals surface area contributed by atoms with Gasteiger partial charge in [-0.2, -0.15) is 0 Å². The van der Waals surface area contributed by atoms with Crippen molar-refractivity contribution in [3.05, 3.63) is 86.4 Å². The molecule has 2 bridgehead atoms. The molecule has 3 amide bonds. The monoisotopic (exact) mass is 786 g/mol. The number of carbonyl (C=O) groups is 4. The van der Waals surface area contributed by atoms with Crippen LogP contribution in [0.1, 0.15) is 88.1 Å². The lowest BCUT2D eigenvalue weighted by atomic mass is 9.80. The zero-order chi connectivity index (χ0) is 38.8. The van der Waals surface area contributed by atoms with Crippen LogP contribution in [0.2, 0.25) is 10.0 Å². The Balaban J connectivity index is 0.946. The molecular formula is C40H44Cl2N8O5. The fraction of sp³-hybridized carbons (Fsp3) is 0.450. The highest BCUT2D eigenvalue weighted by molar-refractivity contribution is 6.39. The second-order valence-corrected chi connectivity index (χ2v) is 16.6. The number of primary amides is 1. The number of fused-ring (bicyclic) bond motifs is 4. The van der Waals surface area contributed by atoms with Crippen molar-refractivity contribution in [3.63, 3.8) is 0 Å². The maximum atomic E-state index is 13.7. The third-order valence-corrected chi connectivity index (χ3v) is 13.6. The number of nitrogens with zero attached hydrogens (tertiary/aromatic N) is 6. The van der Waals surface area contributed by atoms with Crippen LogP contribution in [-0.4, -0.2) is 77.3 Å². The number of carboxylic acid groups (broad SMARTS) is 1. The van der Waals surface area contributed by atoms with Crippen LogP contribution in [0.15, 0.2) is 36.4 Å². The van der Waals surface area contributed by atoms with Gasteiger partial charge in [0.25, 0.3) is 5.91 Å². The fourth-order valence-corrected chi connectivity index (χ4v) is 10.1. The number of benzene rings is 2. The normalized spacial score (nSPS) is 21.7. The average Bonchev–Trinajstić information content (AvgIpc) is 3.92. The molecule has 0 spiro atoms. The van der Waals surface area contributed by atoms with Crippen molar-refractivity contribution in [2.45, 2.75) is 70.9 Å². The molecule has 0 atom stereocenters. The number of anilines is 1. The highest BCUT2D eigenvalue weighted by Gasteiger charge is 2.57. The summed E-state index contributed by atoms with van der Waals surface area (Å²) in [7, 11) is 3.66. The van der Waals surface area contributed by atoms with Gasteiger partial charge in [-0.05, 0) is 62.1 Å². The maximum Gasteiger partial charge on any atom is 0.315 e. The summed E-state index contributed by atoms with van der Waals surface area (Å²) in [6.45, 7) is 3.10. The van der Waals surface area contributed by atoms with Gasteiger partial charge in [-0.3, -0.25) is 19.3 Å². The van der Waals surface area contributed by atoms with Gasteiger partial charge in [-0.1, -0.05) is 53.5 Å². The zero-order valence-electron chi connectivity index (χ0n) is 31.0. The smallest absolute Gasteiger partial charge is 0.315 e. The number of aliphatic carboxylic acids is 1. The van der Waals surface area contributed by atoms with Crippen molar-refractivity contribution < 1.29 is 24.3 Å². The molecule has 4 heterocycles. The number of amides is 3. The van der Waals surface area contributed by atoms with Gasteiger partial charge in [0.15, 0.2) is 11.6 Å². The minimum atomic E-state index is -0.633. The predicted octanol–water partition coefficient (Wildman–Crippen LogP) is 6.03. The average molecular weight is 788 g/mol. The molecule has 4 aliphatic rings. The number of imidazole rings is 2. The van der Waals surface area contributed by atoms with Crippen molar-refractivity contribution >= 4 is 52.6 Å². The van der Waals surface area contributed by atoms with E-state index >= 15 is 0 Å². The molecule has 8 rings (SSSR count). The molecule has 0 unspecified atom stereocenters. The van der Waals surface area contributed by atoms with E-state index in [1.807, 2.05) is 29.8 Å². The summed E-state index contributed by atoms with van der Waals surface area (Å²) in [6.07, 6.45) is 6.64. The Labute approximate surface area is 328 Å². The number of Topliss-reactive ketones (excluding diaryl/α,β-unsaturated/α-hetero) is 1. The van der Waals surface area contributed by atoms with Crippen LogP contribution >= 0.6 is 23.2 Å². The van der Waals surface area contributed by atoms with Crippen molar-refractivity contribution in [1.82, 2.24) is 28.9 Å². The van der Waals surface area contributed by atoms with Gasteiger partial charge in [0, 0.05) is 75.5 Å². The Morgan fingerprint density at radius 2 is 1.49 bits per heavy atom. The van der Waals surface area contributed by atoms with Crippen molar-refractivity contribution in [3.8, 4) is 11.1 Å². The zero-order valence-corrected chi connectivity index (χ0v) is 32.5. The first-order chi connectivity index (χ1) is 26.3. The molecule has 2 fully saturated rings. The fourth-order valence-electron chi connectivity index (χ4n) is 9.49. The molecule has 2 aliphatic heterocycles. The first kappa shape index (κ1) is 37.2. The number of nitrogens with two attached hydrogens (primary N) is 1. The van der Waals surface area contributed by atoms with Crippen LogP contribution in [-0.2, 0) is 51.2 Å². The maximum absolute atomic E-state index is 13.7. The molecule has 0 saturated heterocycles. The first-order valence-electron chi connectivity index (χ1n) is 18.8. The molecule has 2 saturated carbocycles. The van der Waals surface area contributed by atoms with Gasteiger partial charge in [-0.25, -0.2) is 14.8 Å². The van der Waals surface area contributed by atoms with Crippen LogP contribution in [0.5, 0.6) is 0 Å². The molecule has 4 N–H and O–H groups in total. The van der Waals surface area contributed by atoms with Gasteiger partial charge in [0.05, 0.1) is 39.1 Å². The number of hydrogen-bond acceptors (Lipinski definition) is 7. The van der Waals surface area contributed by atoms with E-state index in [-0.39, 0.29) is 35.9 Å². The second-order valence-electron chi connectivity index (χ2n) is 15.8. The Kier molecular flexibility index (Phi) is 9.54. The number of rotatable bonds is 10. The van der Waals surface area contributed by atoms with Crippen LogP contribution < -0.4 is 11.1 Å². The third kappa shape index (κ3) is 6.59. The molecule has 4 aromatic rings. The summed E-state index contributed by atoms with van der Waals surface area (Å²) < 4.78 is 3.64. The number of urea groups is 1. The Morgan fingerprint density at radius 1 is 0.855 bits per heavy atom. The van der Waals surface area contributed by atoms with Crippen molar-refractivity contribution in [1.29, 1.82) is 0 Å². The Hall–Kier alpha value is -4.72. The number of carboxylic acids is 1. The standard InChI is InChI=1S/C40H44Cl2N8O5/c1-47-30-10-17-50(38(43)55)21-28(30)44-34(47)31(51)19-23-5-3-6-24(32(23)41)25-7-4-8-26(33(25)42)46-36(52)35-45-27-20-49(16-9-29(27)48(35)2)18-15-39-11-13-40(22-39,14-12-39)37(53)54/h3-8H,9-22H2,1-2H3,(H2,43,55)(H,46,52)(H,53,54). The highest BCUT2D eigenvalue weighted by Crippen LogP contribution is 2.63. The van der Waals surface area contributed by atoms with Crippen LogP contribution in [0.4, 0.5) is 10.5 Å². The largest absolute Gasteiger partial charge is 0.481 e. The lowest BCUT2D eigenvalue weighted by molar-refractivity contribution is -0.148. The summed E-state index contributed by atoms with van der Waals surface area (Å²) in [5.41, 5.74) is 10.8. The van der Waals surface area contributed by atoms with E-state index in [2.05, 4.69) is 15.2 Å². The van der Waals surface area contributed by atoms with Gasteiger partial charge in [-0.15, -0.1) is 0 Å². The summed E-state index contributed by atoms with van der Waals surface area (Å²) >= 11 is 13.9. The molecule has 2 aromatic heterocycles. The highest BCUT2D eigenvalue weighted by atomic mass is 35.5. The van der Waals surface area contributed by atoms with Gasteiger partial charge < -0.3 is 30.2 Å². The Bertz CT molecular complexity index is 2250. The minimum absolute atomic E-state index is 0.00245. The van der Waals surface area contributed by atoms with E-state index in [0.717, 1.165) is 75.1 Å². The van der Waals surface area contributed by atoms with E-state index in [0.29, 0.717) is 63.5 Å². The Morgan fingerprint density at radius 3 is 2.18 bits per heavy atom. The van der Waals surface area contributed by atoms with Crippen LogP contribution in [0.3, 0.4) is 0 Å². The molecule has 288 valence electrons. The topological polar surface area (TPSA) is 169 Å². The number of carbonyl (C=O) groups excluding carboxylic acids is 3. The minimum Gasteiger partial charge on any atom is -0.481 e. The lowest BCUT2D eigenvalue weighted by Crippen LogP contribution is -2.39. The molecule has 2 aromatic carbocycles. The molecular weight excluding hydrogens is 743 g/mol. The van der Waals surface area contributed by atoms with Gasteiger partial charge in [0.1, 0.15) is 0 Å². The first-order valence-corrected chi connectivity index (χ1v) is 19.5. The predicted molar refractivity (Wildman–Crippen MR) is 207 cm³/mol. The number of nitrogens with one attached hydrogen (secondary N) is 1. The lowest BCUT2D eigenvalue weighted by Gasteiger charge is -2.32. The summed E-state index contributed by atoms with van der Waals surface area (Å²) in [6, 6.07) is 10.2. The number of halogens is 2. The van der Waals surface area contributed by atoms with E-state index in [9.17, 15) is 24.3 Å². The van der Waals surface area contributed by atoms with Crippen molar-refractivity contribution in [2.24, 2.45) is 30.7 Å².